The first-order valence-corrected chi connectivity index (χ1v) is 4.93. The van der Waals surface area contributed by atoms with Crippen LogP contribution in [0.1, 0.15) is 17.4 Å². The number of ether oxygens (including phenoxy) is 1. The van der Waals surface area contributed by atoms with E-state index in [9.17, 15) is 14.4 Å². The molecular formula is C8H8N2O4S. The molecule has 0 aromatic carbocycles. The number of hydrogen-bond acceptors (Lipinski definition) is 5. The van der Waals surface area contributed by atoms with Gasteiger partial charge in [-0.1, -0.05) is 0 Å². The lowest BCUT2D eigenvalue weighted by molar-refractivity contribution is -0.137. The zero-order valence-electron chi connectivity index (χ0n) is 7.85. The first-order valence-electron chi connectivity index (χ1n) is 4.05. The third-order valence-electron chi connectivity index (χ3n) is 1.41. The monoisotopic (exact) mass is 228 g/mol. The van der Waals surface area contributed by atoms with Gasteiger partial charge in [0.1, 0.15) is 5.69 Å². The first kappa shape index (κ1) is 11.3. The second kappa shape index (κ2) is 5.20. The summed E-state index contributed by atoms with van der Waals surface area (Å²) in [5.74, 6) is -1.70. The van der Waals surface area contributed by atoms with Crippen LogP contribution in [0.4, 0.5) is 0 Å². The molecule has 15 heavy (non-hydrogen) atoms. The molecule has 0 saturated carbocycles. The predicted molar refractivity (Wildman–Crippen MR) is 51.3 cm³/mol. The topological polar surface area (TPSA) is 88.6 Å². The van der Waals surface area contributed by atoms with Gasteiger partial charge in [0.15, 0.2) is 4.80 Å². The van der Waals surface area contributed by atoms with E-state index < -0.39 is 11.8 Å². The van der Waals surface area contributed by atoms with E-state index in [4.69, 9.17) is 0 Å². The highest BCUT2D eigenvalue weighted by molar-refractivity contribution is 7.07. The van der Waals surface area contributed by atoms with Crippen LogP contribution in [0.2, 0.25) is 0 Å². The fourth-order valence-corrected chi connectivity index (χ4v) is 1.48. The van der Waals surface area contributed by atoms with Crippen molar-refractivity contribution in [2.75, 3.05) is 6.61 Å². The van der Waals surface area contributed by atoms with Crippen molar-refractivity contribution in [2.45, 2.75) is 6.92 Å². The molecule has 6 nitrogen and oxygen atoms in total. The highest BCUT2D eigenvalue weighted by Crippen LogP contribution is 1.99. The third-order valence-corrected chi connectivity index (χ3v) is 2.19. The van der Waals surface area contributed by atoms with Gasteiger partial charge in [-0.15, -0.1) is 11.3 Å². The number of aromatic amines is 1. The summed E-state index contributed by atoms with van der Waals surface area (Å²) in [6.45, 7) is 1.75. The molecule has 0 aliphatic heterocycles. The molecule has 0 aliphatic carbocycles. The summed E-state index contributed by atoms with van der Waals surface area (Å²) in [7, 11) is 0. The number of rotatable bonds is 4. The van der Waals surface area contributed by atoms with Crippen molar-refractivity contribution in [1.82, 2.24) is 4.98 Å². The van der Waals surface area contributed by atoms with E-state index >= 15 is 0 Å². The van der Waals surface area contributed by atoms with Gasteiger partial charge in [-0.25, -0.2) is 4.79 Å². The number of hydrogen-bond donors (Lipinski definition) is 1. The maximum atomic E-state index is 11.3. The molecule has 1 aromatic rings. The minimum absolute atomic E-state index is 0.0686. The maximum absolute atomic E-state index is 11.3. The molecule has 1 amide bonds. The SMILES string of the molecule is CCOC(=O)C(=O)c1cs/c(=N\C=O)[nH]1. The van der Waals surface area contributed by atoms with Crippen molar-refractivity contribution in [3.63, 3.8) is 0 Å². The second-order valence-electron chi connectivity index (χ2n) is 2.36. The van der Waals surface area contributed by atoms with Crippen LogP contribution in [-0.2, 0) is 14.3 Å². The number of carbonyl (C=O) groups excluding carboxylic acids is 3. The van der Waals surface area contributed by atoms with Crippen LogP contribution in [-0.4, -0.2) is 29.8 Å². The van der Waals surface area contributed by atoms with Crippen LogP contribution < -0.4 is 4.80 Å². The Morgan fingerprint density at radius 1 is 1.67 bits per heavy atom. The average molecular weight is 228 g/mol. The van der Waals surface area contributed by atoms with Gasteiger partial charge < -0.3 is 9.72 Å². The van der Waals surface area contributed by atoms with Gasteiger partial charge in [0.25, 0.3) is 5.78 Å². The molecule has 0 spiro atoms. The van der Waals surface area contributed by atoms with E-state index in [2.05, 4.69) is 14.7 Å². The summed E-state index contributed by atoms with van der Waals surface area (Å²) in [5, 5.41) is 1.40. The molecule has 0 aliphatic rings. The Morgan fingerprint density at radius 2 is 2.40 bits per heavy atom. The Labute approximate surface area is 88.6 Å². The molecule has 0 radical (unpaired) electrons. The number of carbonyl (C=O) groups is 3. The Morgan fingerprint density at radius 3 is 3.00 bits per heavy atom. The molecule has 1 aromatic heterocycles. The molecule has 1 rings (SSSR count). The molecule has 80 valence electrons. The average Bonchev–Trinajstić information content (AvgIpc) is 2.66. The normalized spacial score (nSPS) is 11.1. The first-order chi connectivity index (χ1) is 7.19. The zero-order chi connectivity index (χ0) is 11.3. The van der Waals surface area contributed by atoms with Crippen molar-refractivity contribution in [3.05, 3.63) is 15.9 Å². The van der Waals surface area contributed by atoms with Crippen molar-refractivity contribution < 1.29 is 19.1 Å². The van der Waals surface area contributed by atoms with E-state index in [1.807, 2.05) is 0 Å². The van der Waals surface area contributed by atoms with Crippen LogP contribution in [0.3, 0.4) is 0 Å². The standard InChI is InChI=1S/C8H8N2O4S/c1-2-14-7(13)6(12)5-3-15-8(10-5)9-4-11/h3-4H,2H2,1H3,(H,9,10,11). The third kappa shape index (κ3) is 2.84. The lowest BCUT2D eigenvalue weighted by Gasteiger charge is -1.97. The molecule has 0 atom stereocenters. The van der Waals surface area contributed by atoms with Gasteiger partial charge in [-0.2, -0.15) is 4.99 Å². The lowest BCUT2D eigenvalue weighted by atomic mass is 10.3. The van der Waals surface area contributed by atoms with Gasteiger partial charge in [0.05, 0.1) is 6.61 Å². The van der Waals surface area contributed by atoms with E-state index in [0.29, 0.717) is 6.41 Å². The molecule has 0 fully saturated rings. The lowest BCUT2D eigenvalue weighted by Crippen LogP contribution is -2.18. The molecule has 0 unspecified atom stereocenters. The van der Waals surface area contributed by atoms with Crippen LogP contribution in [0.25, 0.3) is 0 Å². The van der Waals surface area contributed by atoms with E-state index in [0.717, 1.165) is 11.3 Å². The van der Waals surface area contributed by atoms with Crippen molar-refractivity contribution >= 4 is 29.5 Å². The molecule has 1 N–H and O–H groups in total. The summed E-state index contributed by atoms with van der Waals surface area (Å²) in [6.07, 6.45) is 0.348. The second-order valence-corrected chi connectivity index (χ2v) is 3.22. The quantitative estimate of drug-likeness (QED) is 0.337. The fraction of sp³-hybridized carbons (Fsp3) is 0.250. The number of aromatic nitrogens is 1. The van der Waals surface area contributed by atoms with E-state index in [1.165, 1.54) is 5.38 Å². The van der Waals surface area contributed by atoms with Gasteiger partial charge in [0.2, 0.25) is 6.41 Å². The predicted octanol–water partition coefficient (Wildman–Crippen LogP) is -0.121. The molecular weight excluding hydrogens is 220 g/mol. The summed E-state index contributed by atoms with van der Waals surface area (Å²) in [4.78, 5) is 38.6. The van der Waals surface area contributed by atoms with Gasteiger partial charge >= 0.3 is 5.97 Å². The number of ketones is 1. The Hall–Kier alpha value is -1.76. The van der Waals surface area contributed by atoms with Crippen molar-refractivity contribution in [2.24, 2.45) is 4.99 Å². The van der Waals surface area contributed by atoms with Gasteiger partial charge in [0, 0.05) is 5.38 Å². The highest BCUT2D eigenvalue weighted by Gasteiger charge is 2.18. The van der Waals surface area contributed by atoms with Crippen LogP contribution in [0, 0.1) is 0 Å². The number of esters is 1. The summed E-state index contributed by atoms with van der Waals surface area (Å²) < 4.78 is 4.52. The van der Waals surface area contributed by atoms with E-state index in [1.54, 1.807) is 6.92 Å². The molecule has 0 saturated heterocycles. The van der Waals surface area contributed by atoms with Crippen LogP contribution in [0.15, 0.2) is 10.4 Å². The fourth-order valence-electron chi connectivity index (χ4n) is 0.816. The van der Waals surface area contributed by atoms with Gasteiger partial charge in [-0.05, 0) is 6.92 Å². The Balaban J connectivity index is 2.87. The number of amides is 1. The Kier molecular flexibility index (Phi) is 3.92. The molecule has 7 heteroatoms. The summed E-state index contributed by atoms with van der Waals surface area (Å²) in [5.41, 5.74) is 0.0686. The molecule has 0 bridgehead atoms. The number of H-pyrrole nitrogens is 1. The number of thiazole rings is 1. The molecule has 1 heterocycles. The summed E-state index contributed by atoms with van der Waals surface area (Å²) >= 11 is 1.06. The smallest absolute Gasteiger partial charge is 0.381 e. The zero-order valence-corrected chi connectivity index (χ0v) is 8.67. The summed E-state index contributed by atoms with van der Waals surface area (Å²) in [6, 6.07) is 0. The van der Waals surface area contributed by atoms with Gasteiger partial charge in [-0.3, -0.25) is 9.59 Å². The van der Waals surface area contributed by atoms with Crippen molar-refractivity contribution in [3.8, 4) is 0 Å². The Bertz CT molecular complexity index is 445. The number of nitrogens with zero attached hydrogens (tertiary/aromatic N) is 1. The van der Waals surface area contributed by atoms with E-state index in [-0.39, 0.29) is 17.1 Å². The minimum atomic E-state index is -0.927. The highest BCUT2D eigenvalue weighted by atomic mass is 32.1. The number of Topliss-reactive ketones (excluding diaryl/α,β-unsaturated/α-hetero) is 1. The minimum Gasteiger partial charge on any atom is -0.460 e. The maximum Gasteiger partial charge on any atom is 0.381 e. The van der Waals surface area contributed by atoms with Crippen molar-refractivity contribution in [1.29, 1.82) is 0 Å². The largest absolute Gasteiger partial charge is 0.460 e. The number of nitrogens with one attached hydrogen (secondary N) is 1. The van der Waals surface area contributed by atoms with Crippen LogP contribution in [0.5, 0.6) is 0 Å². The van der Waals surface area contributed by atoms with Crippen LogP contribution >= 0.6 is 11.3 Å².